The van der Waals surface area contributed by atoms with Crippen LogP contribution in [-0.4, -0.2) is 11.1 Å². The summed E-state index contributed by atoms with van der Waals surface area (Å²) < 4.78 is 0. The van der Waals surface area contributed by atoms with Crippen molar-refractivity contribution in [2.45, 2.75) is 6.42 Å². The molecule has 0 fully saturated rings. The first-order chi connectivity index (χ1) is 3.66. The Balaban J connectivity index is 3.40. The van der Waals surface area contributed by atoms with Gasteiger partial charge in [0.1, 0.15) is 6.42 Å². The summed E-state index contributed by atoms with van der Waals surface area (Å²) in [5, 5.41) is 17.2. The second-order valence-corrected chi connectivity index (χ2v) is 1.19. The van der Waals surface area contributed by atoms with Crippen molar-refractivity contribution in [3.05, 3.63) is 12.3 Å². The highest BCUT2D eigenvalue weighted by Gasteiger charge is 1.96. The Morgan fingerprint density at radius 1 is 1.88 bits per heavy atom. The van der Waals surface area contributed by atoms with E-state index in [1.807, 2.05) is 0 Å². The van der Waals surface area contributed by atoms with Crippen molar-refractivity contribution < 1.29 is 20.0 Å². The van der Waals surface area contributed by atoms with Gasteiger partial charge in [0.25, 0.3) is 0 Å². The van der Waals surface area contributed by atoms with E-state index in [0.29, 0.717) is 0 Å². The molecule has 0 bridgehead atoms. The van der Waals surface area contributed by atoms with Gasteiger partial charge in [-0.15, -0.1) is 0 Å². The molecule has 4 nitrogen and oxygen atoms in total. The lowest BCUT2D eigenvalue weighted by molar-refractivity contribution is -0.672. The van der Waals surface area contributed by atoms with Crippen LogP contribution in [0.25, 0.3) is 0 Å². The van der Waals surface area contributed by atoms with Gasteiger partial charge in [-0.25, -0.2) is 0 Å². The molecule has 0 aliphatic heterocycles. The monoisotopic (exact) mass is 117 g/mol. The van der Waals surface area contributed by atoms with Gasteiger partial charge in [0.2, 0.25) is 0 Å². The zero-order chi connectivity index (χ0) is 6.57. The van der Waals surface area contributed by atoms with Gasteiger partial charge in [-0.1, -0.05) is 6.58 Å². The van der Waals surface area contributed by atoms with E-state index in [1.54, 1.807) is 0 Å². The Bertz CT molecular complexity index is 107. The Labute approximate surface area is 45.9 Å². The Kier molecular flexibility index (Phi) is 2.64. The molecule has 0 heterocycles. The van der Waals surface area contributed by atoms with Gasteiger partial charge in [-0.2, -0.15) is 0 Å². The van der Waals surface area contributed by atoms with E-state index >= 15 is 0 Å². The molecule has 0 unspecified atom stereocenters. The standard InChI is InChI=1S/C4H6O4/c1-3(8-7)2-4(5)6/h7H,1-2H2,(H,5,6)/p-1. The zero-order valence-electron chi connectivity index (χ0n) is 4.09. The molecule has 0 aromatic carbocycles. The SMILES string of the molecule is C=C(CC(=O)O)O[O-]. The van der Waals surface area contributed by atoms with Crippen molar-refractivity contribution in [1.29, 1.82) is 0 Å². The zero-order valence-corrected chi connectivity index (χ0v) is 4.09. The van der Waals surface area contributed by atoms with Crippen LogP contribution < -0.4 is 5.26 Å². The highest BCUT2D eigenvalue weighted by Crippen LogP contribution is 1.93. The van der Waals surface area contributed by atoms with Crippen molar-refractivity contribution >= 4 is 5.97 Å². The maximum absolute atomic E-state index is 9.69. The predicted molar refractivity (Wildman–Crippen MR) is 22.5 cm³/mol. The maximum Gasteiger partial charge on any atom is 0.310 e. The maximum atomic E-state index is 9.69. The molecule has 0 spiro atoms. The number of carbonyl (C=O) groups is 1. The van der Waals surface area contributed by atoms with E-state index < -0.39 is 12.4 Å². The fourth-order valence-corrected chi connectivity index (χ4v) is 0.198. The number of carboxylic acids is 1. The minimum absolute atomic E-state index is 0.280. The molecule has 0 aliphatic rings. The number of rotatable bonds is 3. The lowest BCUT2D eigenvalue weighted by atomic mass is 10.4. The summed E-state index contributed by atoms with van der Waals surface area (Å²) >= 11 is 0. The highest BCUT2D eigenvalue weighted by atomic mass is 17.1. The lowest BCUT2D eigenvalue weighted by Gasteiger charge is -2.07. The minimum Gasteiger partial charge on any atom is -0.664 e. The van der Waals surface area contributed by atoms with E-state index in [4.69, 9.17) is 5.11 Å². The third-order valence-electron chi connectivity index (χ3n) is 0.466. The van der Waals surface area contributed by atoms with Crippen molar-refractivity contribution in [2.24, 2.45) is 0 Å². The van der Waals surface area contributed by atoms with Crippen LogP contribution in [0.3, 0.4) is 0 Å². The van der Waals surface area contributed by atoms with E-state index in [2.05, 4.69) is 11.5 Å². The molecule has 4 heteroatoms. The third-order valence-corrected chi connectivity index (χ3v) is 0.466. The minimum atomic E-state index is -1.12. The van der Waals surface area contributed by atoms with Gasteiger partial charge in [0.05, 0.1) is 5.76 Å². The Morgan fingerprint density at radius 2 is 2.38 bits per heavy atom. The molecule has 0 rings (SSSR count). The molecule has 0 aliphatic carbocycles. The molecule has 0 radical (unpaired) electrons. The summed E-state index contributed by atoms with van der Waals surface area (Å²) in [5.74, 6) is -1.40. The summed E-state index contributed by atoms with van der Waals surface area (Å²) in [5.41, 5.74) is 0. The van der Waals surface area contributed by atoms with Crippen molar-refractivity contribution in [3.63, 3.8) is 0 Å². The van der Waals surface area contributed by atoms with Crippen LogP contribution in [0.1, 0.15) is 6.42 Å². The summed E-state index contributed by atoms with van der Waals surface area (Å²) in [4.78, 5) is 12.9. The average Bonchev–Trinajstić information content (AvgIpc) is 1.65. The Hall–Kier alpha value is -1.03. The van der Waals surface area contributed by atoms with E-state index in [0.717, 1.165) is 0 Å². The summed E-state index contributed by atoms with van der Waals surface area (Å²) in [6.45, 7) is 3.00. The first-order valence-electron chi connectivity index (χ1n) is 1.86. The first kappa shape index (κ1) is 6.97. The second-order valence-electron chi connectivity index (χ2n) is 1.19. The molecule has 0 saturated carbocycles. The quantitative estimate of drug-likeness (QED) is 0.300. The lowest BCUT2D eigenvalue weighted by Crippen LogP contribution is -2.07. The average molecular weight is 117 g/mol. The summed E-state index contributed by atoms with van der Waals surface area (Å²) in [6.07, 6.45) is -0.427. The molecular formula is C4H5O4-. The molecule has 0 atom stereocenters. The van der Waals surface area contributed by atoms with Crippen molar-refractivity contribution in [2.75, 3.05) is 0 Å². The Morgan fingerprint density at radius 3 is 2.50 bits per heavy atom. The molecule has 8 heavy (non-hydrogen) atoms. The van der Waals surface area contributed by atoms with Crippen LogP contribution in [0.15, 0.2) is 12.3 Å². The normalized spacial score (nSPS) is 8.12. The molecule has 46 valence electrons. The van der Waals surface area contributed by atoms with E-state index in [-0.39, 0.29) is 5.76 Å². The van der Waals surface area contributed by atoms with Crippen LogP contribution in [-0.2, 0) is 9.68 Å². The summed E-state index contributed by atoms with van der Waals surface area (Å²) in [6, 6.07) is 0. The third kappa shape index (κ3) is 3.17. The van der Waals surface area contributed by atoms with Gasteiger partial charge in [0.15, 0.2) is 0 Å². The summed E-state index contributed by atoms with van der Waals surface area (Å²) in [7, 11) is 0. The number of carboxylic acid groups (broad SMARTS) is 1. The van der Waals surface area contributed by atoms with Crippen LogP contribution in [0, 0.1) is 0 Å². The first-order valence-corrected chi connectivity index (χ1v) is 1.86. The number of hydrogen-bond acceptors (Lipinski definition) is 3. The fourth-order valence-electron chi connectivity index (χ4n) is 0.198. The topological polar surface area (TPSA) is 69.6 Å². The van der Waals surface area contributed by atoms with Crippen molar-refractivity contribution in [3.8, 4) is 0 Å². The van der Waals surface area contributed by atoms with Crippen LogP contribution in [0.5, 0.6) is 0 Å². The predicted octanol–water partition coefficient (Wildman–Crippen LogP) is -0.733. The largest absolute Gasteiger partial charge is 0.664 e. The van der Waals surface area contributed by atoms with E-state index in [1.165, 1.54) is 0 Å². The fraction of sp³-hybridized carbons (Fsp3) is 0.250. The second kappa shape index (κ2) is 3.04. The van der Waals surface area contributed by atoms with E-state index in [9.17, 15) is 10.1 Å². The molecule has 0 saturated heterocycles. The van der Waals surface area contributed by atoms with Gasteiger partial charge in [-0.3, -0.25) is 4.79 Å². The number of hydrogen-bond donors (Lipinski definition) is 1. The molecule has 0 aromatic rings. The molecular weight excluding hydrogens is 112 g/mol. The highest BCUT2D eigenvalue weighted by molar-refractivity contribution is 5.69. The van der Waals surface area contributed by atoms with Crippen molar-refractivity contribution in [1.82, 2.24) is 0 Å². The van der Waals surface area contributed by atoms with Crippen LogP contribution in [0.4, 0.5) is 0 Å². The van der Waals surface area contributed by atoms with Gasteiger partial charge >= 0.3 is 5.97 Å². The van der Waals surface area contributed by atoms with Crippen LogP contribution >= 0.6 is 0 Å². The smallest absolute Gasteiger partial charge is 0.310 e. The number of aliphatic carboxylic acids is 1. The van der Waals surface area contributed by atoms with Gasteiger partial charge in [0, 0.05) is 0 Å². The molecule has 0 aromatic heterocycles. The van der Waals surface area contributed by atoms with Gasteiger partial charge in [-0.05, 0) is 0 Å². The molecule has 1 N–H and O–H groups in total. The molecule has 0 amide bonds. The van der Waals surface area contributed by atoms with Gasteiger partial charge < -0.3 is 15.3 Å². The van der Waals surface area contributed by atoms with Crippen LogP contribution in [0.2, 0.25) is 0 Å².